The molecule has 1 fully saturated rings. The number of rotatable bonds is 6. The molecule has 110 valence electrons. The van der Waals surface area contributed by atoms with Crippen molar-refractivity contribution in [2.75, 3.05) is 44.7 Å². The maximum absolute atomic E-state index is 10.9. The highest BCUT2D eigenvalue weighted by Gasteiger charge is 2.10. The van der Waals surface area contributed by atoms with Crippen LogP contribution in [0.3, 0.4) is 0 Å². The second-order valence-corrected chi connectivity index (χ2v) is 4.99. The zero-order chi connectivity index (χ0) is 14.4. The summed E-state index contributed by atoms with van der Waals surface area (Å²) >= 11 is 5.79. The van der Waals surface area contributed by atoms with E-state index in [1.807, 2.05) is 0 Å². The summed E-state index contributed by atoms with van der Waals surface area (Å²) in [6.45, 7) is 5.25. The summed E-state index contributed by atoms with van der Waals surface area (Å²) in [6, 6.07) is 2.83. The molecule has 0 aromatic carbocycles. The number of hydrogen-bond acceptors (Lipinski definition) is 5. The van der Waals surface area contributed by atoms with E-state index >= 15 is 0 Å². The van der Waals surface area contributed by atoms with E-state index in [9.17, 15) is 4.79 Å². The Morgan fingerprint density at radius 1 is 1.45 bits per heavy atom. The lowest BCUT2D eigenvalue weighted by Gasteiger charge is -2.26. The van der Waals surface area contributed by atoms with Crippen molar-refractivity contribution in [3.63, 3.8) is 0 Å². The number of anilines is 1. The summed E-state index contributed by atoms with van der Waals surface area (Å²) < 4.78 is 5.29. The molecule has 1 saturated heterocycles. The molecule has 1 aliphatic heterocycles. The highest BCUT2D eigenvalue weighted by atomic mass is 35.5. The molecule has 1 aliphatic rings. The molecular formula is C13H18ClN3O3. The third-order valence-corrected chi connectivity index (χ3v) is 3.30. The van der Waals surface area contributed by atoms with Crippen LogP contribution in [0.1, 0.15) is 16.8 Å². The first-order valence-electron chi connectivity index (χ1n) is 6.60. The normalized spacial score (nSPS) is 16.1. The summed E-state index contributed by atoms with van der Waals surface area (Å²) in [7, 11) is 0. The van der Waals surface area contributed by atoms with Gasteiger partial charge in [-0.05, 0) is 25.1 Å². The van der Waals surface area contributed by atoms with Crippen LogP contribution >= 0.6 is 11.6 Å². The molecule has 0 atom stereocenters. The molecule has 0 radical (unpaired) electrons. The highest BCUT2D eigenvalue weighted by Crippen LogP contribution is 2.14. The molecule has 0 saturated carbocycles. The van der Waals surface area contributed by atoms with Crippen LogP contribution in [-0.2, 0) is 4.74 Å². The molecule has 2 heterocycles. The number of carboxylic acid groups (broad SMARTS) is 1. The molecule has 0 aliphatic carbocycles. The van der Waals surface area contributed by atoms with Gasteiger partial charge in [0.25, 0.3) is 0 Å². The predicted molar refractivity (Wildman–Crippen MR) is 76.6 cm³/mol. The van der Waals surface area contributed by atoms with Crippen LogP contribution in [0.4, 0.5) is 5.82 Å². The number of pyridine rings is 1. The van der Waals surface area contributed by atoms with E-state index in [1.165, 1.54) is 12.1 Å². The Hall–Kier alpha value is -1.37. The Labute approximate surface area is 122 Å². The first-order valence-corrected chi connectivity index (χ1v) is 6.98. The maximum Gasteiger partial charge on any atom is 0.335 e. The molecule has 2 rings (SSSR count). The van der Waals surface area contributed by atoms with Crippen molar-refractivity contribution in [1.29, 1.82) is 0 Å². The van der Waals surface area contributed by atoms with Crippen LogP contribution in [0.25, 0.3) is 0 Å². The third-order valence-electron chi connectivity index (χ3n) is 3.10. The SMILES string of the molecule is O=C(O)c1cc(Cl)nc(NCCCN2CCOCC2)c1. The maximum atomic E-state index is 10.9. The van der Waals surface area contributed by atoms with Crippen LogP contribution < -0.4 is 5.32 Å². The number of morpholine rings is 1. The fourth-order valence-corrected chi connectivity index (χ4v) is 2.26. The second-order valence-electron chi connectivity index (χ2n) is 4.60. The second kappa shape index (κ2) is 7.42. The molecule has 1 aromatic heterocycles. The standard InChI is InChI=1S/C13H18ClN3O3/c14-11-8-10(13(18)19)9-12(16-11)15-2-1-3-17-4-6-20-7-5-17/h8-9H,1-7H2,(H,15,16)(H,18,19). The summed E-state index contributed by atoms with van der Waals surface area (Å²) in [5.74, 6) is -0.512. The fourth-order valence-electron chi connectivity index (χ4n) is 2.05. The molecule has 0 unspecified atom stereocenters. The molecule has 1 aromatic rings. The van der Waals surface area contributed by atoms with E-state index in [4.69, 9.17) is 21.4 Å². The van der Waals surface area contributed by atoms with Gasteiger partial charge in [-0.1, -0.05) is 11.6 Å². The minimum atomic E-state index is -1.01. The number of halogens is 1. The summed E-state index contributed by atoms with van der Waals surface area (Å²) in [5.41, 5.74) is 0.140. The molecule has 0 bridgehead atoms. The number of nitrogens with zero attached hydrogens (tertiary/aromatic N) is 2. The van der Waals surface area contributed by atoms with Crippen molar-refractivity contribution in [3.8, 4) is 0 Å². The Bertz CT molecular complexity index is 464. The van der Waals surface area contributed by atoms with Gasteiger partial charge in [0.15, 0.2) is 0 Å². The van der Waals surface area contributed by atoms with E-state index in [1.54, 1.807) is 0 Å². The van der Waals surface area contributed by atoms with Gasteiger partial charge in [-0.25, -0.2) is 9.78 Å². The number of ether oxygens (including phenoxy) is 1. The molecule has 7 heteroatoms. The first kappa shape index (κ1) is 15.0. The van der Waals surface area contributed by atoms with Gasteiger partial charge in [-0.2, -0.15) is 0 Å². The number of nitrogens with one attached hydrogen (secondary N) is 1. The lowest BCUT2D eigenvalue weighted by molar-refractivity contribution is 0.0378. The lowest BCUT2D eigenvalue weighted by atomic mass is 10.2. The van der Waals surface area contributed by atoms with E-state index in [-0.39, 0.29) is 10.7 Å². The van der Waals surface area contributed by atoms with Gasteiger partial charge in [0, 0.05) is 19.6 Å². The highest BCUT2D eigenvalue weighted by molar-refractivity contribution is 6.29. The monoisotopic (exact) mass is 299 g/mol. The summed E-state index contributed by atoms with van der Waals surface area (Å²) in [4.78, 5) is 17.3. The van der Waals surface area contributed by atoms with Crippen LogP contribution in [0.2, 0.25) is 5.15 Å². The van der Waals surface area contributed by atoms with Crippen LogP contribution in [0.15, 0.2) is 12.1 Å². The minimum absolute atomic E-state index is 0.140. The van der Waals surface area contributed by atoms with Crippen LogP contribution in [-0.4, -0.2) is 60.4 Å². The average molecular weight is 300 g/mol. The van der Waals surface area contributed by atoms with Gasteiger partial charge in [0.2, 0.25) is 0 Å². The Morgan fingerprint density at radius 3 is 2.90 bits per heavy atom. The van der Waals surface area contributed by atoms with E-state index in [0.29, 0.717) is 5.82 Å². The number of aromatic carboxylic acids is 1. The molecular weight excluding hydrogens is 282 g/mol. The van der Waals surface area contributed by atoms with Crippen molar-refractivity contribution in [1.82, 2.24) is 9.88 Å². The molecule has 0 amide bonds. The molecule has 0 spiro atoms. The number of hydrogen-bond donors (Lipinski definition) is 2. The summed E-state index contributed by atoms with van der Waals surface area (Å²) in [6.07, 6.45) is 0.955. The van der Waals surface area contributed by atoms with Gasteiger partial charge < -0.3 is 15.2 Å². The Kier molecular flexibility index (Phi) is 5.58. The van der Waals surface area contributed by atoms with Crippen LogP contribution in [0.5, 0.6) is 0 Å². The van der Waals surface area contributed by atoms with E-state index in [2.05, 4.69) is 15.2 Å². The minimum Gasteiger partial charge on any atom is -0.478 e. The zero-order valence-electron chi connectivity index (χ0n) is 11.1. The smallest absolute Gasteiger partial charge is 0.335 e. The first-order chi connectivity index (χ1) is 9.65. The van der Waals surface area contributed by atoms with Crippen molar-refractivity contribution in [3.05, 3.63) is 22.8 Å². The van der Waals surface area contributed by atoms with E-state index in [0.717, 1.165) is 45.8 Å². The third kappa shape index (κ3) is 4.63. The average Bonchev–Trinajstić information content (AvgIpc) is 2.44. The van der Waals surface area contributed by atoms with Crippen molar-refractivity contribution >= 4 is 23.4 Å². The number of carboxylic acids is 1. The van der Waals surface area contributed by atoms with Gasteiger partial charge >= 0.3 is 5.97 Å². The van der Waals surface area contributed by atoms with Gasteiger partial charge in [-0.3, -0.25) is 4.90 Å². The van der Waals surface area contributed by atoms with Crippen molar-refractivity contribution < 1.29 is 14.6 Å². The Balaban J connectivity index is 1.77. The van der Waals surface area contributed by atoms with Crippen molar-refractivity contribution in [2.45, 2.75) is 6.42 Å². The molecule has 6 nitrogen and oxygen atoms in total. The Morgan fingerprint density at radius 2 is 2.20 bits per heavy atom. The van der Waals surface area contributed by atoms with Gasteiger partial charge in [0.1, 0.15) is 11.0 Å². The molecule has 2 N–H and O–H groups in total. The number of carbonyl (C=O) groups is 1. The van der Waals surface area contributed by atoms with Crippen molar-refractivity contribution in [2.24, 2.45) is 0 Å². The zero-order valence-corrected chi connectivity index (χ0v) is 11.9. The topological polar surface area (TPSA) is 74.7 Å². The lowest BCUT2D eigenvalue weighted by Crippen LogP contribution is -2.37. The van der Waals surface area contributed by atoms with E-state index < -0.39 is 5.97 Å². The predicted octanol–water partition coefficient (Wildman–Crippen LogP) is 1.57. The van der Waals surface area contributed by atoms with Gasteiger partial charge in [-0.15, -0.1) is 0 Å². The fraction of sp³-hybridized carbons (Fsp3) is 0.538. The van der Waals surface area contributed by atoms with Crippen LogP contribution in [0, 0.1) is 0 Å². The summed E-state index contributed by atoms with van der Waals surface area (Å²) in [5, 5.41) is 12.2. The quantitative estimate of drug-likeness (QED) is 0.613. The largest absolute Gasteiger partial charge is 0.478 e. The molecule has 20 heavy (non-hydrogen) atoms. The van der Waals surface area contributed by atoms with Gasteiger partial charge in [0.05, 0.1) is 18.8 Å². The number of aromatic nitrogens is 1.